The van der Waals surface area contributed by atoms with Crippen molar-refractivity contribution in [3.05, 3.63) is 11.4 Å². The number of sulfonamides is 1. The molecular formula is C12H22N4O3S. The maximum Gasteiger partial charge on any atom is 0.246 e. The SMILES string of the molecule is CCC1CN(S(=O)(=O)c2c(CNC)n[nH]c2C)CCO1. The van der Waals surface area contributed by atoms with E-state index in [0.29, 0.717) is 42.5 Å². The van der Waals surface area contributed by atoms with Crippen LogP contribution in [0.1, 0.15) is 24.7 Å². The van der Waals surface area contributed by atoms with Crippen LogP contribution in [-0.4, -0.2) is 55.8 Å². The van der Waals surface area contributed by atoms with Crippen molar-refractivity contribution < 1.29 is 13.2 Å². The van der Waals surface area contributed by atoms with Crippen LogP contribution in [0, 0.1) is 6.92 Å². The van der Waals surface area contributed by atoms with Crippen LogP contribution >= 0.6 is 0 Å². The quantitative estimate of drug-likeness (QED) is 0.813. The molecule has 1 aromatic rings. The number of H-pyrrole nitrogens is 1. The van der Waals surface area contributed by atoms with Crippen molar-refractivity contribution in [2.24, 2.45) is 0 Å². The third-order valence-electron chi connectivity index (χ3n) is 3.46. The van der Waals surface area contributed by atoms with Gasteiger partial charge in [0.25, 0.3) is 0 Å². The number of nitrogens with zero attached hydrogens (tertiary/aromatic N) is 2. The van der Waals surface area contributed by atoms with Gasteiger partial charge in [-0.2, -0.15) is 9.40 Å². The lowest BCUT2D eigenvalue weighted by atomic mass is 10.2. The number of nitrogens with one attached hydrogen (secondary N) is 2. The lowest BCUT2D eigenvalue weighted by Gasteiger charge is -2.31. The Kier molecular flexibility index (Phi) is 4.79. The minimum Gasteiger partial charge on any atom is -0.375 e. The van der Waals surface area contributed by atoms with E-state index >= 15 is 0 Å². The highest BCUT2D eigenvalue weighted by Gasteiger charge is 2.34. The van der Waals surface area contributed by atoms with E-state index in [-0.39, 0.29) is 6.10 Å². The minimum atomic E-state index is -3.53. The van der Waals surface area contributed by atoms with Gasteiger partial charge in [-0.15, -0.1) is 0 Å². The fraction of sp³-hybridized carbons (Fsp3) is 0.750. The van der Waals surface area contributed by atoms with Crippen LogP contribution in [0.3, 0.4) is 0 Å². The topological polar surface area (TPSA) is 87.3 Å². The summed E-state index contributed by atoms with van der Waals surface area (Å²) in [6, 6.07) is 0. The average molecular weight is 302 g/mol. The van der Waals surface area contributed by atoms with Gasteiger partial charge in [-0.05, 0) is 20.4 Å². The second-order valence-electron chi connectivity index (χ2n) is 4.92. The molecule has 2 rings (SSSR count). The largest absolute Gasteiger partial charge is 0.375 e. The van der Waals surface area contributed by atoms with Gasteiger partial charge >= 0.3 is 0 Å². The average Bonchev–Trinajstić information content (AvgIpc) is 2.81. The van der Waals surface area contributed by atoms with Crippen molar-refractivity contribution in [1.82, 2.24) is 19.8 Å². The molecule has 1 fully saturated rings. The molecule has 0 aliphatic carbocycles. The summed E-state index contributed by atoms with van der Waals surface area (Å²) in [7, 11) is -1.76. The first-order chi connectivity index (χ1) is 9.50. The molecular weight excluding hydrogens is 280 g/mol. The van der Waals surface area contributed by atoms with Crippen molar-refractivity contribution in [2.45, 2.75) is 37.8 Å². The zero-order chi connectivity index (χ0) is 14.8. The molecule has 20 heavy (non-hydrogen) atoms. The van der Waals surface area contributed by atoms with Crippen LogP contribution in [-0.2, 0) is 21.3 Å². The summed E-state index contributed by atoms with van der Waals surface area (Å²) in [4.78, 5) is 0.295. The molecule has 0 spiro atoms. The second-order valence-corrected chi connectivity index (χ2v) is 6.79. The predicted molar refractivity (Wildman–Crippen MR) is 74.9 cm³/mol. The number of ether oxygens (including phenoxy) is 1. The van der Waals surface area contributed by atoms with E-state index in [2.05, 4.69) is 15.5 Å². The first kappa shape index (κ1) is 15.4. The molecule has 1 atom stereocenters. The maximum atomic E-state index is 12.8. The zero-order valence-corrected chi connectivity index (χ0v) is 13.0. The molecule has 1 aliphatic rings. The van der Waals surface area contributed by atoms with E-state index in [1.807, 2.05) is 6.92 Å². The third-order valence-corrected chi connectivity index (χ3v) is 5.53. The Morgan fingerprint density at radius 2 is 2.30 bits per heavy atom. The van der Waals surface area contributed by atoms with Crippen molar-refractivity contribution in [3.63, 3.8) is 0 Å². The molecule has 2 heterocycles. The van der Waals surface area contributed by atoms with Gasteiger partial charge in [-0.1, -0.05) is 6.92 Å². The number of aryl methyl sites for hydroxylation is 1. The molecule has 0 amide bonds. The summed E-state index contributed by atoms with van der Waals surface area (Å²) < 4.78 is 32.7. The first-order valence-corrected chi connectivity index (χ1v) is 8.24. The van der Waals surface area contributed by atoms with Crippen LogP contribution < -0.4 is 5.32 Å². The van der Waals surface area contributed by atoms with Gasteiger partial charge in [-0.3, -0.25) is 5.10 Å². The molecule has 0 radical (unpaired) electrons. The smallest absolute Gasteiger partial charge is 0.246 e. The Bertz CT molecular complexity index is 555. The van der Waals surface area contributed by atoms with Crippen molar-refractivity contribution in [2.75, 3.05) is 26.7 Å². The van der Waals surface area contributed by atoms with Crippen molar-refractivity contribution in [1.29, 1.82) is 0 Å². The number of rotatable bonds is 5. The zero-order valence-electron chi connectivity index (χ0n) is 12.1. The van der Waals surface area contributed by atoms with Gasteiger partial charge < -0.3 is 10.1 Å². The molecule has 1 aliphatic heterocycles. The van der Waals surface area contributed by atoms with Crippen LogP contribution in [0.15, 0.2) is 4.90 Å². The number of hydrogen-bond acceptors (Lipinski definition) is 5. The van der Waals surface area contributed by atoms with Crippen LogP contribution in [0.25, 0.3) is 0 Å². The lowest BCUT2D eigenvalue weighted by Crippen LogP contribution is -2.45. The van der Waals surface area contributed by atoms with E-state index in [1.54, 1.807) is 14.0 Å². The molecule has 0 bridgehead atoms. The molecule has 114 valence electrons. The molecule has 1 aromatic heterocycles. The minimum absolute atomic E-state index is 0.0292. The van der Waals surface area contributed by atoms with Crippen LogP contribution in [0.4, 0.5) is 0 Å². The Morgan fingerprint density at radius 1 is 1.55 bits per heavy atom. The first-order valence-electron chi connectivity index (χ1n) is 6.80. The monoisotopic (exact) mass is 302 g/mol. The van der Waals surface area contributed by atoms with Crippen molar-refractivity contribution >= 4 is 10.0 Å². The van der Waals surface area contributed by atoms with Crippen molar-refractivity contribution in [3.8, 4) is 0 Å². The summed E-state index contributed by atoms with van der Waals surface area (Å²) in [5.41, 5.74) is 1.11. The van der Waals surface area contributed by atoms with Gasteiger partial charge in [0.15, 0.2) is 0 Å². The summed E-state index contributed by atoms with van der Waals surface area (Å²) in [6.45, 7) is 5.38. The van der Waals surface area contributed by atoms with E-state index in [0.717, 1.165) is 6.42 Å². The van der Waals surface area contributed by atoms with Gasteiger partial charge in [0.1, 0.15) is 4.90 Å². The number of aromatic amines is 1. The molecule has 7 nitrogen and oxygen atoms in total. The van der Waals surface area contributed by atoms with E-state index in [9.17, 15) is 8.42 Å². The van der Waals surface area contributed by atoms with Crippen LogP contribution in [0.2, 0.25) is 0 Å². The predicted octanol–water partition coefficient (Wildman–Crippen LogP) is 0.237. The maximum absolute atomic E-state index is 12.8. The molecule has 0 saturated carbocycles. The number of hydrogen-bond donors (Lipinski definition) is 2. The lowest BCUT2D eigenvalue weighted by molar-refractivity contribution is -0.00280. The van der Waals surface area contributed by atoms with E-state index < -0.39 is 10.0 Å². The number of morpholine rings is 1. The van der Waals surface area contributed by atoms with Gasteiger partial charge in [0.05, 0.1) is 24.1 Å². The van der Waals surface area contributed by atoms with Gasteiger partial charge in [0.2, 0.25) is 10.0 Å². The molecule has 0 aromatic carbocycles. The summed E-state index contributed by atoms with van der Waals surface area (Å²) in [5, 5.41) is 9.79. The highest BCUT2D eigenvalue weighted by atomic mass is 32.2. The standard InChI is InChI=1S/C12H22N4O3S/c1-4-10-8-16(5-6-19-10)20(17,18)12-9(2)14-15-11(12)7-13-3/h10,13H,4-8H2,1-3H3,(H,14,15). The molecule has 2 N–H and O–H groups in total. The highest BCUT2D eigenvalue weighted by Crippen LogP contribution is 2.24. The Balaban J connectivity index is 2.32. The molecule has 1 unspecified atom stereocenters. The Labute approximate surface area is 119 Å². The van der Waals surface area contributed by atoms with Gasteiger partial charge in [0, 0.05) is 19.6 Å². The Morgan fingerprint density at radius 3 is 2.95 bits per heavy atom. The van der Waals surface area contributed by atoms with E-state index in [1.165, 1.54) is 4.31 Å². The Hall–Kier alpha value is -0.960. The number of aromatic nitrogens is 2. The third kappa shape index (κ3) is 2.88. The summed E-state index contributed by atoms with van der Waals surface area (Å²) in [6.07, 6.45) is 0.776. The summed E-state index contributed by atoms with van der Waals surface area (Å²) >= 11 is 0. The molecule has 8 heteroatoms. The highest BCUT2D eigenvalue weighted by molar-refractivity contribution is 7.89. The normalized spacial score (nSPS) is 21.2. The summed E-state index contributed by atoms with van der Waals surface area (Å²) in [5.74, 6) is 0. The molecule has 1 saturated heterocycles. The van der Waals surface area contributed by atoms with E-state index in [4.69, 9.17) is 4.74 Å². The fourth-order valence-electron chi connectivity index (χ4n) is 2.39. The van der Waals surface area contributed by atoms with Gasteiger partial charge in [-0.25, -0.2) is 8.42 Å². The second kappa shape index (κ2) is 6.21. The fourth-order valence-corrected chi connectivity index (χ4v) is 4.17. The van der Waals surface area contributed by atoms with Crippen LogP contribution in [0.5, 0.6) is 0 Å².